The Hall–Kier alpha value is -3.48. The standard InChI is InChI=1S/C32H46N4O3/c1-3-4-5-6-7-8-9-10-11-12-13-14-15-16-17-18-19-20-31(37)35-23-21-29(22-24-35)25-34-32(38)30-26-33-28(2)27-36(30)39/h4-5,7-8,10-11,13-14,16-17,26-27,29H,3,6,9,12,15,18-25H2,1-2H3,(H,34,38). The fraction of sp³-hybridized carbons (Fsp3) is 0.500. The average Bonchev–Trinajstić information content (AvgIpc) is 2.93. The van der Waals surface area contributed by atoms with Crippen molar-refractivity contribution in [1.29, 1.82) is 0 Å². The van der Waals surface area contributed by atoms with Gasteiger partial charge in [-0.15, -0.1) is 0 Å². The van der Waals surface area contributed by atoms with Crippen molar-refractivity contribution in [2.45, 2.75) is 78.1 Å². The molecule has 212 valence electrons. The number of nitrogens with one attached hydrogen (secondary N) is 1. The molecule has 0 aromatic carbocycles. The van der Waals surface area contributed by atoms with Crippen LogP contribution in [0, 0.1) is 18.0 Å². The van der Waals surface area contributed by atoms with E-state index >= 15 is 0 Å². The molecule has 1 N–H and O–H groups in total. The van der Waals surface area contributed by atoms with E-state index in [1.807, 2.05) is 4.90 Å². The lowest BCUT2D eigenvalue weighted by Crippen LogP contribution is -2.44. The first-order valence-electron chi connectivity index (χ1n) is 14.4. The minimum atomic E-state index is -0.411. The highest BCUT2D eigenvalue weighted by atomic mass is 16.5. The highest BCUT2D eigenvalue weighted by Gasteiger charge is 2.24. The Bertz CT molecular complexity index is 1020. The molecular weight excluding hydrogens is 488 g/mol. The number of hydrogen-bond acceptors (Lipinski definition) is 4. The van der Waals surface area contributed by atoms with Gasteiger partial charge in [-0.2, -0.15) is 4.73 Å². The lowest BCUT2D eigenvalue weighted by atomic mass is 9.96. The molecule has 0 atom stereocenters. The van der Waals surface area contributed by atoms with Gasteiger partial charge in [0.2, 0.25) is 12.1 Å². The molecule has 0 aliphatic carbocycles. The number of unbranched alkanes of at least 4 members (excludes halogenated alkanes) is 1. The van der Waals surface area contributed by atoms with Crippen LogP contribution in [0.2, 0.25) is 0 Å². The summed E-state index contributed by atoms with van der Waals surface area (Å²) in [4.78, 5) is 30.8. The normalized spacial score (nSPS) is 15.1. The van der Waals surface area contributed by atoms with Crippen molar-refractivity contribution in [3.8, 4) is 0 Å². The third kappa shape index (κ3) is 13.8. The smallest absolute Gasteiger partial charge is 0.319 e. The maximum Gasteiger partial charge on any atom is 0.319 e. The van der Waals surface area contributed by atoms with E-state index in [2.05, 4.69) is 78.0 Å². The van der Waals surface area contributed by atoms with Crippen molar-refractivity contribution < 1.29 is 14.3 Å². The van der Waals surface area contributed by atoms with Crippen LogP contribution >= 0.6 is 0 Å². The zero-order chi connectivity index (χ0) is 28.1. The Labute approximate surface area is 234 Å². The van der Waals surface area contributed by atoms with E-state index in [-0.39, 0.29) is 11.6 Å². The second-order valence-electron chi connectivity index (χ2n) is 9.87. The number of likely N-dealkylation sites (tertiary alicyclic amines) is 1. The van der Waals surface area contributed by atoms with Gasteiger partial charge in [-0.25, -0.2) is 4.98 Å². The maximum absolute atomic E-state index is 12.5. The summed E-state index contributed by atoms with van der Waals surface area (Å²) >= 11 is 0. The number of hydrogen-bond donors (Lipinski definition) is 1. The molecule has 0 unspecified atom stereocenters. The summed E-state index contributed by atoms with van der Waals surface area (Å²) in [5.74, 6) is 0.104. The molecular formula is C32H46N4O3. The second kappa shape index (κ2) is 19.6. The van der Waals surface area contributed by atoms with E-state index in [1.54, 1.807) is 6.92 Å². The second-order valence-corrected chi connectivity index (χ2v) is 9.87. The Balaban J connectivity index is 1.49. The van der Waals surface area contributed by atoms with E-state index in [0.717, 1.165) is 57.8 Å². The number of carbonyl (C=O) groups excluding carboxylic acids is 2. The van der Waals surface area contributed by atoms with Gasteiger partial charge in [-0.1, -0.05) is 67.7 Å². The molecule has 7 nitrogen and oxygen atoms in total. The monoisotopic (exact) mass is 534 g/mol. The quantitative estimate of drug-likeness (QED) is 0.124. The first-order valence-corrected chi connectivity index (χ1v) is 14.4. The molecule has 2 heterocycles. The van der Waals surface area contributed by atoms with Gasteiger partial charge < -0.3 is 15.4 Å². The molecule has 1 aliphatic heterocycles. The lowest BCUT2D eigenvalue weighted by Gasteiger charge is -2.32. The van der Waals surface area contributed by atoms with Gasteiger partial charge >= 0.3 is 5.91 Å². The lowest BCUT2D eigenvalue weighted by molar-refractivity contribution is -0.608. The van der Waals surface area contributed by atoms with E-state index in [9.17, 15) is 14.8 Å². The van der Waals surface area contributed by atoms with Crippen LogP contribution in [0.25, 0.3) is 0 Å². The van der Waals surface area contributed by atoms with Gasteiger partial charge in [-0.05, 0) is 70.6 Å². The van der Waals surface area contributed by atoms with Crippen molar-refractivity contribution in [3.05, 3.63) is 89.7 Å². The van der Waals surface area contributed by atoms with Gasteiger partial charge in [0.25, 0.3) is 5.69 Å². The van der Waals surface area contributed by atoms with Crippen molar-refractivity contribution in [2.24, 2.45) is 5.92 Å². The third-order valence-corrected chi connectivity index (χ3v) is 6.60. The van der Waals surface area contributed by atoms with E-state index in [0.29, 0.717) is 42.4 Å². The first-order chi connectivity index (χ1) is 19.0. The average molecular weight is 535 g/mol. The fourth-order valence-electron chi connectivity index (χ4n) is 4.26. The van der Waals surface area contributed by atoms with E-state index < -0.39 is 5.91 Å². The predicted molar refractivity (Wildman–Crippen MR) is 158 cm³/mol. The highest BCUT2D eigenvalue weighted by molar-refractivity contribution is 5.90. The van der Waals surface area contributed by atoms with Crippen LogP contribution in [0.1, 0.15) is 87.3 Å². The summed E-state index contributed by atoms with van der Waals surface area (Å²) in [6.07, 6.45) is 33.5. The van der Waals surface area contributed by atoms with Gasteiger partial charge in [0, 0.05) is 26.1 Å². The van der Waals surface area contributed by atoms with Gasteiger partial charge in [0.05, 0.1) is 0 Å². The minimum Gasteiger partial charge on any atom is -0.618 e. The molecule has 0 saturated carbocycles. The molecule has 1 aromatic rings. The minimum absolute atomic E-state index is 0.000671. The van der Waals surface area contributed by atoms with Crippen molar-refractivity contribution in [3.63, 3.8) is 0 Å². The number of aryl methyl sites for hydroxylation is 1. The molecule has 0 bridgehead atoms. The van der Waals surface area contributed by atoms with Crippen LogP contribution < -0.4 is 10.0 Å². The first kappa shape index (κ1) is 31.7. The van der Waals surface area contributed by atoms with Crippen LogP contribution in [-0.2, 0) is 4.79 Å². The molecule has 1 aliphatic rings. The number of aromatic nitrogens is 2. The van der Waals surface area contributed by atoms with Gasteiger partial charge in [0.15, 0.2) is 0 Å². The summed E-state index contributed by atoms with van der Waals surface area (Å²) in [5, 5.41) is 14.7. The molecule has 7 heteroatoms. The van der Waals surface area contributed by atoms with Crippen LogP contribution in [0.5, 0.6) is 0 Å². The number of amides is 2. The van der Waals surface area contributed by atoms with Crippen LogP contribution in [0.3, 0.4) is 0 Å². The molecule has 0 radical (unpaired) electrons. The molecule has 0 spiro atoms. The number of allylic oxidation sites excluding steroid dienone is 10. The Morgan fingerprint density at radius 2 is 1.54 bits per heavy atom. The largest absolute Gasteiger partial charge is 0.618 e. The van der Waals surface area contributed by atoms with Crippen molar-refractivity contribution in [2.75, 3.05) is 19.6 Å². The fourth-order valence-corrected chi connectivity index (χ4v) is 4.26. The summed E-state index contributed by atoms with van der Waals surface area (Å²) in [6.45, 7) is 5.78. The van der Waals surface area contributed by atoms with Crippen LogP contribution in [-0.4, -0.2) is 41.3 Å². The number of carbonyl (C=O) groups is 2. The highest BCUT2D eigenvalue weighted by Crippen LogP contribution is 2.18. The van der Waals surface area contributed by atoms with Crippen LogP contribution in [0.15, 0.2) is 73.2 Å². The molecule has 1 aromatic heterocycles. The number of rotatable bonds is 16. The molecule has 2 rings (SSSR count). The molecule has 1 saturated heterocycles. The maximum atomic E-state index is 12.5. The van der Waals surface area contributed by atoms with E-state index in [1.165, 1.54) is 12.4 Å². The zero-order valence-electron chi connectivity index (χ0n) is 23.8. The summed E-state index contributed by atoms with van der Waals surface area (Å²) in [7, 11) is 0. The molecule has 2 amide bonds. The SMILES string of the molecule is CCC=CCC=CCC=CCC=CCC=CCCCC(=O)N1CCC(CNC(=O)c2cnc(C)c[n+]2[O-])CC1. The number of piperidine rings is 1. The predicted octanol–water partition coefficient (Wildman–Crippen LogP) is 5.91. The Morgan fingerprint density at radius 1 is 0.974 bits per heavy atom. The van der Waals surface area contributed by atoms with Gasteiger partial charge in [0.1, 0.15) is 11.9 Å². The van der Waals surface area contributed by atoms with E-state index in [4.69, 9.17) is 0 Å². The van der Waals surface area contributed by atoms with Gasteiger partial charge in [-0.3, -0.25) is 9.59 Å². The summed E-state index contributed by atoms with van der Waals surface area (Å²) in [6, 6.07) is 0. The number of nitrogens with zero attached hydrogens (tertiary/aromatic N) is 3. The Kier molecular flexibility index (Phi) is 15.9. The zero-order valence-corrected chi connectivity index (χ0v) is 23.8. The summed E-state index contributed by atoms with van der Waals surface area (Å²) in [5.41, 5.74) is 0.567. The van der Waals surface area contributed by atoms with Crippen molar-refractivity contribution in [1.82, 2.24) is 15.2 Å². The Morgan fingerprint density at radius 3 is 2.10 bits per heavy atom. The van der Waals surface area contributed by atoms with Crippen LogP contribution in [0.4, 0.5) is 0 Å². The molecule has 1 fully saturated rings. The topological polar surface area (TPSA) is 89.2 Å². The summed E-state index contributed by atoms with van der Waals surface area (Å²) < 4.78 is 0.554. The molecule has 39 heavy (non-hydrogen) atoms. The van der Waals surface area contributed by atoms with Crippen molar-refractivity contribution >= 4 is 11.8 Å². The third-order valence-electron chi connectivity index (χ3n) is 6.60.